The molecule has 0 bridgehead atoms. The highest BCUT2D eigenvalue weighted by molar-refractivity contribution is 5.46. The lowest BCUT2D eigenvalue weighted by atomic mass is 10.2. The lowest BCUT2D eigenvalue weighted by molar-refractivity contribution is -0.130. The molecule has 1 aromatic carbocycles. The van der Waals surface area contributed by atoms with Crippen molar-refractivity contribution in [2.75, 3.05) is 44.4 Å². The summed E-state index contributed by atoms with van der Waals surface area (Å²) in [5.41, 5.74) is 1.03. The van der Waals surface area contributed by atoms with E-state index < -0.39 is 6.10 Å². The Balaban J connectivity index is 2.67. The van der Waals surface area contributed by atoms with Crippen LogP contribution in [0.4, 0.5) is 5.69 Å². The van der Waals surface area contributed by atoms with Gasteiger partial charge in [-0.25, -0.2) is 0 Å². The van der Waals surface area contributed by atoms with Crippen molar-refractivity contribution in [3.8, 4) is 0 Å². The van der Waals surface area contributed by atoms with Crippen molar-refractivity contribution in [3.63, 3.8) is 0 Å². The second-order valence-corrected chi connectivity index (χ2v) is 6.17. The molecule has 24 heavy (non-hydrogen) atoms. The largest absolute Gasteiger partial charge is 0.389 e. The third-order valence-electron chi connectivity index (χ3n) is 3.39. The standard InChI is InChI=1S/C19H33NO4/c1-5-23-19(24-6-2)13-20(17-10-8-7-9-11-17)12-18(21)15-22-14-16(3)4/h7-11,16,18-19,21H,5-6,12-15H2,1-4H3. The summed E-state index contributed by atoms with van der Waals surface area (Å²) < 4.78 is 16.9. The first kappa shape index (κ1) is 20.9. The molecule has 0 aromatic heterocycles. The molecule has 0 saturated heterocycles. The van der Waals surface area contributed by atoms with Crippen molar-refractivity contribution in [1.29, 1.82) is 0 Å². The molecule has 0 aliphatic rings. The maximum atomic E-state index is 10.3. The summed E-state index contributed by atoms with van der Waals surface area (Å²) in [6, 6.07) is 10.0. The number of aliphatic hydroxyl groups excluding tert-OH is 1. The first-order chi connectivity index (χ1) is 11.6. The molecule has 1 N–H and O–H groups in total. The second kappa shape index (κ2) is 12.3. The Morgan fingerprint density at radius 3 is 2.12 bits per heavy atom. The number of aliphatic hydroxyl groups is 1. The topological polar surface area (TPSA) is 51.2 Å². The van der Waals surface area contributed by atoms with Crippen LogP contribution in [0.15, 0.2) is 30.3 Å². The molecule has 1 aromatic rings. The van der Waals surface area contributed by atoms with Gasteiger partial charge in [0.1, 0.15) is 0 Å². The van der Waals surface area contributed by atoms with Crippen LogP contribution in [0.1, 0.15) is 27.7 Å². The fourth-order valence-corrected chi connectivity index (χ4v) is 2.38. The Labute approximate surface area is 146 Å². The Hall–Kier alpha value is -1.14. The maximum absolute atomic E-state index is 10.3. The quantitative estimate of drug-likeness (QED) is 0.560. The summed E-state index contributed by atoms with van der Waals surface area (Å²) in [5.74, 6) is 0.461. The molecule has 0 heterocycles. The van der Waals surface area contributed by atoms with Crippen LogP contribution >= 0.6 is 0 Å². The summed E-state index contributed by atoms with van der Waals surface area (Å²) >= 11 is 0. The second-order valence-electron chi connectivity index (χ2n) is 6.17. The highest BCUT2D eigenvalue weighted by atomic mass is 16.7. The molecule has 1 atom stereocenters. The van der Waals surface area contributed by atoms with E-state index in [1.165, 1.54) is 0 Å². The normalized spacial score (nSPS) is 12.8. The molecule has 0 saturated carbocycles. The molecule has 0 radical (unpaired) electrons. The molecule has 1 unspecified atom stereocenters. The summed E-state index contributed by atoms with van der Waals surface area (Å²) in [7, 11) is 0. The van der Waals surface area contributed by atoms with Gasteiger partial charge in [-0.05, 0) is 31.9 Å². The van der Waals surface area contributed by atoms with Crippen molar-refractivity contribution in [2.24, 2.45) is 5.92 Å². The summed E-state index contributed by atoms with van der Waals surface area (Å²) in [5, 5.41) is 10.3. The van der Waals surface area contributed by atoms with E-state index >= 15 is 0 Å². The number of hydrogen-bond donors (Lipinski definition) is 1. The first-order valence-electron chi connectivity index (χ1n) is 8.85. The number of para-hydroxylation sites is 1. The highest BCUT2D eigenvalue weighted by Gasteiger charge is 2.18. The van der Waals surface area contributed by atoms with E-state index in [1.54, 1.807) is 0 Å². The predicted molar refractivity (Wildman–Crippen MR) is 97.4 cm³/mol. The van der Waals surface area contributed by atoms with Crippen LogP contribution in [0.2, 0.25) is 0 Å². The lowest BCUT2D eigenvalue weighted by Gasteiger charge is -2.31. The Bertz CT molecular complexity index is 407. The summed E-state index contributed by atoms with van der Waals surface area (Å²) in [4.78, 5) is 2.08. The Kier molecular flexibility index (Phi) is 10.7. The Morgan fingerprint density at radius 2 is 1.58 bits per heavy atom. The van der Waals surface area contributed by atoms with Crippen molar-refractivity contribution >= 4 is 5.69 Å². The van der Waals surface area contributed by atoms with Crippen LogP contribution in [0, 0.1) is 5.92 Å². The van der Waals surface area contributed by atoms with E-state index in [4.69, 9.17) is 14.2 Å². The van der Waals surface area contributed by atoms with E-state index in [0.29, 0.717) is 45.4 Å². The van der Waals surface area contributed by atoms with Gasteiger partial charge in [0.05, 0.1) is 19.3 Å². The summed E-state index contributed by atoms with van der Waals surface area (Å²) in [6.07, 6.45) is -0.878. The minimum atomic E-state index is -0.562. The van der Waals surface area contributed by atoms with Crippen LogP contribution in [0.3, 0.4) is 0 Å². The number of benzene rings is 1. The van der Waals surface area contributed by atoms with Gasteiger partial charge in [-0.2, -0.15) is 0 Å². The van der Waals surface area contributed by atoms with Crippen LogP contribution in [-0.2, 0) is 14.2 Å². The predicted octanol–water partition coefficient (Wildman–Crippen LogP) is 2.93. The number of anilines is 1. The molecular weight excluding hydrogens is 306 g/mol. The van der Waals surface area contributed by atoms with Gasteiger partial charge >= 0.3 is 0 Å². The SMILES string of the molecule is CCOC(CN(CC(O)COCC(C)C)c1ccccc1)OCC. The van der Waals surface area contributed by atoms with Crippen LogP contribution < -0.4 is 4.90 Å². The van der Waals surface area contributed by atoms with Gasteiger partial charge in [0.15, 0.2) is 6.29 Å². The zero-order valence-corrected chi connectivity index (χ0v) is 15.5. The van der Waals surface area contributed by atoms with Crippen molar-refractivity contribution in [3.05, 3.63) is 30.3 Å². The third kappa shape index (κ3) is 8.64. The molecule has 138 valence electrons. The smallest absolute Gasteiger partial charge is 0.174 e. The van der Waals surface area contributed by atoms with E-state index in [9.17, 15) is 5.11 Å². The monoisotopic (exact) mass is 339 g/mol. The van der Waals surface area contributed by atoms with Gasteiger partial charge in [0.2, 0.25) is 0 Å². The van der Waals surface area contributed by atoms with Gasteiger partial charge in [-0.1, -0.05) is 32.0 Å². The molecular formula is C19H33NO4. The molecule has 0 aliphatic carbocycles. The Morgan fingerprint density at radius 1 is 0.958 bits per heavy atom. The zero-order valence-electron chi connectivity index (χ0n) is 15.5. The molecule has 0 fully saturated rings. The third-order valence-corrected chi connectivity index (χ3v) is 3.39. The van der Waals surface area contributed by atoms with E-state index in [0.717, 1.165) is 5.69 Å². The molecule has 1 rings (SSSR count). The fraction of sp³-hybridized carbons (Fsp3) is 0.684. The number of hydrogen-bond acceptors (Lipinski definition) is 5. The van der Waals surface area contributed by atoms with E-state index in [1.807, 2.05) is 44.2 Å². The van der Waals surface area contributed by atoms with Gasteiger partial charge in [-0.15, -0.1) is 0 Å². The lowest BCUT2D eigenvalue weighted by Crippen LogP contribution is -2.41. The molecule has 0 spiro atoms. The number of nitrogens with zero attached hydrogens (tertiary/aromatic N) is 1. The number of rotatable bonds is 13. The van der Waals surface area contributed by atoms with Crippen molar-refractivity contribution in [1.82, 2.24) is 0 Å². The van der Waals surface area contributed by atoms with Crippen LogP contribution in [-0.4, -0.2) is 57.0 Å². The average molecular weight is 339 g/mol. The van der Waals surface area contributed by atoms with Gasteiger partial charge < -0.3 is 24.2 Å². The first-order valence-corrected chi connectivity index (χ1v) is 8.85. The van der Waals surface area contributed by atoms with Gasteiger partial charge in [-0.3, -0.25) is 0 Å². The molecule has 5 nitrogen and oxygen atoms in total. The highest BCUT2D eigenvalue weighted by Crippen LogP contribution is 2.15. The molecule has 5 heteroatoms. The fourth-order valence-electron chi connectivity index (χ4n) is 2.38. The minimum Gasteiger partial charge on any atom is -0.389 e. The van der Waals surface area contributed by atoms with E-state index in [-0.39, 0.29) is 6.29 Å². The van der Waals surface area contributed by atoms with Crippen LogP contribution in [0.5, 0.6) is 0 Å². The van der Waals surface area contributed by atoms with Crippen LogP contribution in [0.25, 0.3) is 0 Å². The van der Waals surface area contributed by atoms with Crippen molar-refractivity contribution in [2.45, 2.75) is 40.1 Å². The molecule has 0 amide bonds. The van der Waals surface area contributed by atoms with E-state index in [2.05, 4.69) is 18.7 Å². The maximum Gasteiger partial charge on any atom is 0.174 e. The minimum absolute atomic E-state index is 0.316. The summed E-state index contributed by atoms with van der Waals surface area (Å²) in [6.45, 7) is 11.3. The molecule has 0 aliphatic heterocycles. The van der Waals surface area contributed by atoms with Gasteiger partial charge in [0.25, 0.3) is 0 Å². The average Bonchev–Trinajstić information content (AvgIpc) is 2.55. The van der Waals surface area contributed by atoms with Crippen molar-refractivity contribution < 1.29 is 19.3 Å². The number of ether oxygens (including phenoxy) is 3. The zero-order chi connectivity index (χ0) is 17.8. The van der Waals surface area contributed by atoms with Gasteiger partial charge in [0, 0.05) is 32.1 Å².